The Labute approximate surface area is 117 Å². The lowest BCUT2D eigenvalue weighted by atomic mass is 9.85. The van der Waals surface area contributed by atoms with Gasteiger partial charge in [-0.25, -0.2) is 0 Å². The van der Waals surface area contributed by atoms with Crippen LogP contribution in [0, 0.1) is 5.41 Å². The Hall–Kier alpha value is -2.11. The number of aryl methyl sites for hydroxylation is 1. The number of hydrogen-bond donors (Lipinski definition) is 1. The topological polar surface area (TPSA) is 73.0 Å². The summed E-state index contributed by atoms with van der Waals surface area (Å²) in [6.45, 7) is 5.73. The van der Waals surface area contributed by atoms with Gasteiger partial charge >= 0.3 is 0 Å². The first-order valence-corrected chi connectivity index (χ1v) is 6.78. The average molecular weight is 274 g/mol. The van der Waals surface area contributed by atoms with Gasteiger partial charge in [-0.3, -0.25) is 4.79 Å². The van der Waals surface area contributed by atoms with Crippen LogP contribution in [0.25, 0.3) is 0 Å². The van der Waals surface area contributed by atoms with Gasteiger partial charge in [-0.2, -0.15) is 0 Å². The first-order valence-electron chi connectivity index (χ1n) is 6.78. The Bertz CT molecular complexity index is 613. The standard InChI is InChI=1S/C14H18N4O2/c1-14(2)6-5-11-16-17-12(18(11)9-14)8-15-13(19)10-4-3-7-20-10/h3-4,7H,5-6,8-9H2,1-2H3,(H,15,19). The molecule has 3 heterocycles. The Morgan fingerprint density at radius 2 is 2.35 bits per heavy atom. The number of carbonyl (C=O) groups excluding carboxylic acids is 1. The van der Waals surface area contributed by atoms with Gasteiger partial charge in [0.25, 0.3) is 5.91 Å². The fourth-order valence-electron chi connectivity index (χ4n) is 2.48. The first-order chi connectivity index (χ1) is 9.55. The highest BCUT2D eigenvalue weighted by atomic mass is 16.3. The molecule has 0 bridgehead atoms. The highest BCUT2D eigenvalue weighted by Gasteiger charge is 2.28. The number of fused-ring (bicyclic) bond motifs is 1. The van der Waals surface area contributed by atoms with E-state index in [0.29, 0.717) is 12.3 Å². The van der Waals surface area contributed by atoms with Gasteiger partial charge < -0.3 is 14.3 Å². The summed E-state index contributed by atoms with van der Waals surface area (Å²) in [6.07, 6.45) is 3.53. The van der Waals surface area contributed by atoms with Crippen LogP contribution in [0.5, 0.6) is 0 Å². The predicted octanol–water partition coefficient (Wildman–Crippen LogP) is 1.77. The van der Waals surface area contributed by atoms with Gasteiger partial charge in [-0.05, 0) is 24.0 Å². The van der Waals surface area contributed by atoms with Crippen LogP contribution in [-0.2, 0) is 19.5 Å². The first kappa shape index (κ1) is 12.9. The van der Waals surface area contributed by atoms with Crippen LogP contribution in [0.4, 0.5) is 0 Å². The lowest BCUT2D eigenvalue weighted by Crippen LogP contribution is -2.30. The van der Waals surface area contributed by atoms with Gasteiger partial charge in [0.15, 0.2) is 11.6 Å². The van der Waals surface area contributed by atoms with Crippen LogP contribution in [0.3, 0.4) is 0 Å². The van der Waals surface area contributed by atoms with Crippen LogP contribution in [-0.4, -0.2) is 20.7 Å². The van der Waals surface area contributed by atoms with Crippen molar-refractivity contribution in [2.24, 2.45) is 5.41 Å². The van der Waals surface area contributed by atoms with Crippen molar-refractivity contribution in [1.82, 2.24) is 20.1 Å². The van der Waals surface area contributed by atoms with Crippen molar-refractivity contribution < 1.29 is 9.21 Å². The Morgan fingerprint density at radius 3 is 3.10 bits per heavy atom. The largest absolute Gasteiger partial charge is 0.459 e. The van der Waals surface area contributed by atoms with Crippen molar-refractivity contribution in [3.8, 4) is 0 Å². The second-order valence-electron chi connectivity index (χ2n) is 5.94. The van der Waals surface area contributed by atoms with Gasteiger partial charge in [0.05, 0.1) is 12.8 Å². The molecule has 0 unspecified atom stereocenters. The number of aromatic nitrogens is 3. The van der Waals surface area contributed by atoms with Gasteiger partial charge in [-0.1, -0.05) is 13.8 Å². The fourth-order valence-corrected chi connectivity index (χ4v) is 2.48. The zero-order valence-corrected chi connectivity index (χ0v) is 11.7. The molecule has 3 rings (SSSR count). The molecule has 2 aromatic heterocycles. The maximum absolute atomic E-state index is 11.8. The van der Waals surface area contributed by atoms with Crippen molar-refractivity contribution in [2.75, 3.05) is 0 Å². The molecular formula is C14H18N4O2. The summed E-state index contributed by atoms with van der Waals surface area (Å²) < 4.78 is 7.17. The second-order valence-corrected chi connectivity index (χ2v) is 5.94. The Kier molecular flexibility index (Phi) is 3.08. The normalized spacial score (nSPS) is 16.7. The summed E-state index contributed by atoms with van der Waals surface area (Å²) in [5.41, 5.74) is 0.245. The van der Waals surface area contributed by atoms with E-state index in [4.69, 9.17) is 4.42 Å². The fraction of sp³-hybridized carbons (Fsp3) is 0.500. The smallest absolute Gasteiger partial charge is 0.287 e. The van der Waals surface area contributed by atoms with Crippen molar-refractivity contribution in [1.29, 1.82) is 0 Å². The SMILES string of the molecule is CC1(C)CCc2nnc(CNC(=O)c3ccco3)n2C1. The molecule has 6 nitrogen and oxygen atoms in total. The van der Waals surface area contributed by atoms with E-state index in [-0.39, 0.29) is 11.3 Å². The average Bonchev–Trinajstić information content (AvgIpc) is 3.04. The lowest BCUT2D eigenvalue weighted by molar-refractivity contribution is 0.0921. The van der Waals surface area contributed by atoms with E-state index < -0.39 is 0 Å². The minimum atomic E-state index is -0.234. The summed E-state index contributed by atoms with van der Waals surface area (Å²) in [7, 11) is 0. The maximum atomic E-state index is 11.8. The zero-order chi connectivity index (χ0) is 14.2. The number of nitrogens with zero attached hydrogens (tertiary/aromatic N) is 3. The number of amides is 1. The van der Waals surface area contributed by atoms with Crippen molar-refractivity contribution in [3.05, 3.63) is 35.8 Å². The van der Waals surface area contributed by atoms with E-state index in [2.05, 4.69) is 33.9 Å². The van der Waals surface area contributed by atoms with E-state index in [0.717, 1.165) is 31.0 Å². The number of furan rings is 1. The van der Waals surface area contributed by atoms with Crippen LogP contribution in [0.2, 0.25) is 0 Å². The highest BCUT2D eigenvalue weighted by Crippen LogP contribution is 2.30. The number of carbonyl (C=O) groups is 1. The summed E-state index contributed by atoms with van der Waals surface area (Å²) in [6, 6.07) is 3.33. The number of rotatable bonds is 3. The molecule has 0 radical (unpaired) electrons. The van der Waals surface area contributed by atoms with Crippen LogP contribution >= 0.6 is 0 Å². The summed E-state index contributed by atoms with van der Waals surface area (Å²) >= 11 is 0. The van der Waals surface area contributed by atoms with Gasteiger partial charge in [-0.15, -0.1) is 10.2 Å². The molecule has 1 N–H and O–H groups in total. The van der Waals surface area contributed by atoms with E-state index >= 15 is 0 Å². The van der Waals surface area contributed by atoms with E-state index in [1.54, 1.807) is 12.1 Å². The molecule has 0 saturated heterocycles. The van der Waals surface area contributed by atoms with E-state index in [1.165, 1.54) is 6.26 Å². The second kappa shape index (κ2) is 4.77. The maximum Gasteiger partial charge on any atom is 0.287 e. The Morgan fingerprint density at radius 1 is 1.50 bits per heavy atom. The molecule has 1 aliphatic rings. The van der Waals surface area contributed by atoms with Crippen LogP contribution in [0.15, 0.2) is 22.8 Å². The summed E-state index contributed by atoms with van der Waals surface area (Å²) in [4.78, 5) is 11.8. The summed E-state index contributed by atoms with van der Waals surface area (Å²) in [5.74, 6) is 1.88. The van der Waals surface area contributed by atoms with Crippen molar-refractivity contribution in [3.63, 3.8) is 0 Å². The molecule has 0 atom stereocenters. The minimum absolute atomic E-state index is 0.234. The molecule has 0 saturated carbocycles. The number of nitrogens with one attached hydrogen (secondary N) is 1. The molecule has 2 aromatic rings. The van der Waals surface area contributed by atoms with Crippen LogP contribution < -0.4 is 5.32 Å². The molecule has 0 fully saturated rings. The van der Waals surface area contributed by atoms with Gasteiger partial charge in [0.2, 0.25) is 0 Å². The zero-order valence-electron chi connectivity index (χ0n) is 11.7. The molecule has 106 valence electrons. The molecule has 1 amide bonds. The third kappa shape index (κ3) is 2.45. The van der Waals surface area contributed by atoms with E-state index in [1.807, 2.05) is 0 Å². The molecule has 0 spiro atoms. The summed E-state index contributed by atoms with van der Waals surface area (Å²) in [5, 5.41) is 11.2. The monoisotopic (exact) mass is 274 g/mol. The van der Waals surface area contributed by atoms with Crippen molar-refractivity contribution >= 4 is 5.91 Å². The van der Waals surface area contributed by atoms with E-state index in [9.17, 15) is 4.79 Å². The number of hydrogen-bond acceptors (Lipinski definition) is 4. The molecule has 0 aliphatic carbocycles. The molecule has 6 heteroatoms. The third-order valence-corrected chi connectivity index (χ3v) is 3.67. The van der Waals surface area contributed by atoms with Crippen LogP contribution in [0.1, 0.15) is 42.5 Å². The lowest BCUT2D eigenvalue weighted by Gasteiger charge is -2.30. The molecule has 1 aliphatic heterocycles. The molecule has 20 heavy (non-hydrogen) atoms. The quantitative estimate of drug-likeness (QED) is 0.925. The van der Waals surface area contributed by atoms with Gasteiger partial charge in [0, 0.05) is 13.0 Å². The molecular weight excluding hydrogens is 256 g/mol. The Balaban J connectivity index is 1.70. The highest BCUT2D eigenvalue weighted by molar-refractivity contribution is 5.91. The van der Waals surface area contributed by atoms with Crippen molar-refractivity contribution in [2.45, 2.75) is 39.8 Å². The third-order valence-electron chi connectivity index (χ3n) is 3.67. The van der Waals surface area contributed by atoms with Gasteiger partial charge in [0.1, 0.15) is 5.82 Å². The minimum Gasteiger partial charge on any atom is -0.459 e. The molecule has 0 aromatic carbocycles. The predicted molar refractivity (Wildman–Crippen MR) is 72.0 cm³/mol.